The number of aryl methyl sites for hydroxylation is 1. The zero-order valence-electron chi connectivity index (χ0n) is 11.4. The van der Waals surface area contributed by atoms with Gasteiger partial charge in [0.25, 0.3) is 0 Å². The van der Waals surface area contributed by atoms with E-state index < -0.39 is 0 Å². The Morgan fingerprint density at radius 3 is 2.76 bits per heavy atom. The smallest absolute Gasteiger partial charge is 0.126 e. The van der Waals surface area contributed by atoms with Crippen LogP contribution in [-0.4, -0.2) is 16.6 Å². The summed E-state index contributed by atoms with van der Waals surface area (Å²) in [5.41, 5.74) is 0.381. The lowest BCUT2D eigenvalue weighted by atomic mass is 9.80. The van der Waals surface area contributed by atoms with Gasteiger partial charge in [0.2, 0.25) is 0 Å². The highest BCUT2D eigenvalue weighted by Crippen LogP contribution is 2.46. The molecule has 0 aromatic carbocycles. The highest BCUT2D eigenvalue weighted by atomic mass is 15.1. The fourth-order valence-corrected chi connectivity index (χ4v) is 3.27. The van der Waals surface area contributed by atoms with Crippen LogP contribution in [0.25, 0.3) is 0 Å². The minimum absolute atomic E-state index is 0.381. The summed E-state index contributed by atoms with van der Waals surface area (Å²) >= 11 is 0. The Hall–Kier alpha value is -0.830. The van der Waals surface area contributed by atoms with Crippen LogP contribution in [0.2, 0.25) is 0 Å². The second-order valence-corrected chi connectivity index (χ2v) is 5.56. The Kier molecular flexibility index (Phi) is 3.87. The van der Waals surface area contributed by atoms with Gasteiger partial charge in [-0.25, -0.2) is 4.98 Å². The molecule has 96 valence electrons. The van der Waals surface area contributed by atoms with E-state index in [0.29, 0.717) is 11.5 Å². The quantitative estimate of drug-likeness (QED) is 0.849. The van der Waals surface area contributed by atoms with Crippen molar-refractivity contribution in [3.63, 3.8) is 0 Å². The van der Waals surface area contributed by atoms with Crippen LogP contribution < -0.4 is 5.32 Å². The number of aromatic nitrogens is 2. The Bertz CT molecular complexity index is 350. The van der Waals surface area contributed by atoms with E-state index in [9.17, 15) is 0 Å². The van der Waals surface area contributed by atoms with Crippen LogP contribution in [0.15, 0.2) is 12.4 Å². The lowest BCUT2D eigenvalue weighted by Gasteiger charge is -2.33. The number of rotatable bonds is 5. The van der Waals surface area contributed by atoms with Gasteiger partial charge in [-0.1, -0.05) is 26.7 Å². The highest BCUT2D eigenvalue weighted by molar-refractivity contribution is 5.06. The van der Waals surface area contributed by atoms with Gasteiger partial charge in [0.15, 0.2) is 0 Å². The molecule has 1 aliphatic rings. The van der Waals surface area contributed by atoms with Gasteiger partial charge in [-0.15, -0.1) is 0 Å². The van der Waals surface area contributed by atoms with Gasteiger partial charge < -0.3 is 9.88 Å². The number of hydrogen-bond acceptors (Lipinski definition) is 2. The average Bonchev–Trinajstić information content (AvgIpc) is 2.91. The fourth-order valence-electron chi connectivity index (χ4n) is 3.27. The summed E-state index contributed by atoms with van der Waals surface area (Å²) in [6, 6.07) is 0.395. The van der Waals surface area contributed by atoms with E-state index in [1.165, 1.54) is 31.5 Å². The topological polar surface area (TPSA) is 29.9 Å². The lowest BCUT2D eigenvalue weighted by Crippen LogP contribution is -2.34. The second kappa shape index (κ2) is 5.21. The molecule has 1 saturated carbocycles. The lowest BCUT2D eigenvalue weighted by molar-refractivity contribution is 0.219. The molecule has 3 heteroatoms. The first kappa shape index (κ1) is 12.6. The van der Waals surface area contributed by atoms with Crippen molar-refractivity contribution in [3.05, 3.63) is 18.2 Å². The molecule has 1 fully saturated rings. The van der Waals surface area contributed by atoms with E-state index in [1.807, 2.05) is 6.20 Å². The molecular weight excluding hydrogens is 210 g/mol. The van der Waals surface area contributed by atoms with Crippen molar-refractivity contribution in [2.75, 3.05) is 7.05 Å². The third-order valence-electron chi connectivity index (χ3n) is 4.20. The average molecular weight is 235 g/mol. The van der Waals surface area contributed by atoms with Crippen molar-refractivity contribution < 1.29 is 0 Å². The first-order chi connectivity index (χ1) is 8.21. The third kappa shape index (κ3) is 2.39. The maximum atomic E-state index is 4.60. The molecule has 0 spiro atoms. The Labute approximate surface area is 105 Å². The maximum Gasteiger partial charge on any atom is 0.126 e. The largest absolute Gasteiger partial charge is 0.334 e. The van der Waals surface area contributed by atoms with Gasteiger partial charge in [0, 0.05) is 18.9 Å². The summed E-state index contributed by atoms with van der Waals surface area (Å²) in [7, 11) is 2.07. The fraction of sp³-hybridized carbons (Fsp3) is 0.786. The molecule has 1 heterocycles. The van der Waals surface area contributed by atoms with E-state index in [1.54, 1.807) is 0 Å². The predicted molar refractivity (Wildman–Crippen MR) is 70.9 cm³/mol. The van der Waals surface area contributed by atoms with E-state index in [0.717, 1.165) is 13.0 Å². The molecule has 3 nitrogen and oxygen atoms in total. The summed E-state index contributed by atoms with van der Waals surface area (Å²) in [5.74, 6) is 1.22. The van der Waals surface area contributed by atoms with Crippen LogP contribution in [0.3, 0.4) is 0 Å². The van der Waals surface area contributed by atoms with Crippen molar-refractivity contribution in [3.8, 4) is 0 Å². The van der Waals surface area contributed by atoms with Crippen molar-refractivity contribution in [2.45, 2.75) is 58.5 Å². The summed E-state index contributed by atoms with van der Waals surface area (Å²) in [6.07, 6.45) is 10.6. The van der Waals surface area contributed by atoms with Crippen LogP contribution in [0.4, 0.5) is 0 Å². The summed E-state index contributed by atoms with van der Waals surface area (Å²) in [4.78, 5) is 4.60. The van der Waals surface area contributed by atoms with Crippen LogP contribution >= 0.6 is 0 Å². The maximum absolute atomic E-state index is 4.60. The Morgan fingerprint density at radius 2 is 2.18 bits per heavy atom. The summed E-state index contributed by atoms with van der Waals surface area (Å²) in [6.45, 7) is 5.70. The SMILES string of the molecule is CCCn1ccnc1C(NC)C1(C)CCCC1. The minimum atomic E-state index is 0.381. The number of nitrogens with one attached hydrogen (secondary N) is 1. The highest BCUT2D eigenvalue weighted by Gasteiger charge is 2.38. The second-order valence-electron chi connectivity index (χ2n) is 5.56. The normalized spacial score (nSPS) is 20.6. The zero-order chi connectivity index (χ0) is 12.3. The van der Waals surface area contributed by atoms with E-state index in [4.69, 9.17) is 0 Å². The van der Waals surface area contributed by atoms with Gasteiger partial charge in [-0.2, -0.15) is 0 Å². The van der Waals surface area contributed by atoms with Gasteiger partial charge in [-0.05, 0) is 31.7 Å². The molecule has 1 unspecified atom stereocenters. The number of hydrogen-bond donors (Lipinski definition) is 1. The standard InChI is InChI=1S/C14H25N3/c1-4-10-17-11-9-16-13(17)12(15-3)14(2)7-5-6-8-14/h9,11-12,15H,4-8,10H2,1-3H3. The number of nitrogens with zero attached hydrogens (tertiary/aromatic N) is 2. The molecule has 0 bridgehead atoms. The summed E-state index contributed by atoms with van der Waals surface area (Å²) in [5, 5.41) is 3.50. The zero-order valence-corrected chi connectivity index (χ0v) is 11.4. The molecule has 2 rings (SSSR count). The van der Waals surface area contributed by atoms with Crippen LogP contribution in [-0.2, 0) is 6.54 Å². The van der Waals surface area contributed by atoms with E-state index in [-0.39, 0.29) is 0 Å². The van der Waals surface area contributed by atoms with Crippen molar-refractivity contribution in [1.82, 2.24) is 14.9 Å². The van der Waals surface area contributed by atoms with Gasteiger partial charge >= 0.3 is 0 Å². The molecule has 1 aromatic heterocycles. The molecule has 0 radical (unpaired) electrons. The predicted octanol–water partition coefficient (Wildman–Crippen LogP) is 3.13. The van der Waals surface area contributed by atoms with Gasteiger partial charge in [-0.3, -0.25) is 0 Å². The molecule has 0 amide bonds. The first-order valence-electron chi connectivity index (χ1n) is 6.89. The van der Waals surface area contributed by atoms with E-state index >= 15 is 0 Å². The van der Waals surface area contributed by atoms with Crippen molar-refractivity contribution >= 4 is 0 Å². The molecule has 1 aromatic rings. The molecule has 0 aliphatic heterocycles. The van der Waals surface area contributed by atoms with Crippen molar-refractivity contribution in [1.29, 1.82) is 0 Å². The van der Waals surface area contributed by atoms with Crippen LogP contribution in [0.5, 0.6) is 0 Å². The molecular formula is C14H25N3. The van der Waals surface area contributed by atoms with Crippen LogP contribution in [0.1, 0.15) is 57.8 Å². The summed E-state index contributed by atoms with van der Waals surface area (Å²) < 4.78 is 2.31. The third-order valence-corrected chi connectivity index (χ3v) is 4.20. The monoisotopic (exact) mass is 235 g/mol. The van der Waals surface area contributed by atoms with Crippen molar-refractivity contribution in [2.24, 2.45) is 5.41 Å². The Morgan fingerprint density at radius 1 is 1.47 bits per heavy atom. The molecule has 1 atom stereocenters. The molecule has 17 heavy (non-hydrogen) atoms. The Balaban J connectivity index is 2.25. The van der Waals surface area contributed by atoms with E-state index in [2.05, 4.69) is 42.0 Å². The first-order valence-corrected chi connectivity index (χ1v) is 6.89. The molecule has 0 saturated heterocycles. The van der Waals surface area contributed by atoms with Crippen LogP contribution in [0, 0.1) is 5.41 Å². The van der Waals surface area contributed by atoms with Gasteiger partial charge in [0.1, 0.15) is 5.82 Å². The van der Waals surface area contributed by atoms with Gasteiger partial charge in [0.05, 0.1) is 6.04 Å². The molecule has 1 aliphatic carbocycles. The molecule has 1 N–H and O–H groups in total. The minimum Gasteiger partial charge on any atom is -0.334 e. The number of imidazole rings is 1.